The molecule has 1 aliphatic rings. The van der Waals surface area contributed by atoms with Crippen LogP contribution in [0.5, 0.6) is 11.5 Å². The second-order valence-corrected chi connectivity index (χ2v) is 6.98. The van der Waals surface area contributed by atoms with Crippen molar-refractivity contribution in [3.8, 4) is 11.5 Å². The average Bonchev–Trinajstić information content (AvgIpc) is 2.89. The van der Waals surface area contributed by atoms with Crippen LogP contribution in [-0.2, 0) is 4.74 Å². The van der Waals surface area contributed by atoms with Gasteiger partial charge in [0.2, 0.25) is 0 Å². The molecule has 0 bridgehead atoms. The molecule has 1 aromatic carbocycles. The topological polar surface area (TPSA) is 93.2 Å². The summed E-state index contributed by atoms with van der Waals surface area (Å²) in [7, 11) is 1.70. The first-order valence-corrected chi connectivity index (χ1v) is 9.82. The van der Waals surface area contributed by atoms with Crippen LogP contribution in [0.1, 0.15) is 33.6 Å². The van der Waals surface area contributed by atoms with Crippen molar-refractivity contribution in [1.29, 1.82) is 0 Å². The van der Waals surface area contributed by atoms with Crippen LogP contribution >= 0.6 is 0 Å². The van der Waals surface area contributed by atoms with Gasteiger partial charge in [-0.15, -0.1) is 0 Å². The molecule has 8 nitrogen and oxygen atoms in total. The minimum atomic E-state index is -0.402. The number of carbonyl (C=O) groups is 1. The summed E-state index contributed by atoms with van der Waals surface area (Å²) in [4.78, 5) is 16.0. The van der Waals surface area contributed by atoms with E-state index in [1.54, 1.807) is 14.0 Å². The molecule has 0 radical (unpaired) electrons. The fourth-order valence-electron chi connectivity index (χ4n) is 2.88. The minimum Gasteiger partial charge on any atom is -0.490 e. The highest BCUT2D eigenvalue weighted by Gasteiger charge is 2.16. The first kappa shape index (κ1) is 21.7. The number of hydrogen-bond donors (Lipinski definition) is 3. The largest absolute Gasteiger partial charge is 0.490 e. The van der Waals surface area contributed by atoms with Crippen LogP contribution in [-0.4, -0.2) is 51.5 Å². The van der Waals surface area contributed by atoms with Crippen molar-refractivity contribution < 1.29 is 19.0 Å². The molecule has 3 N–H and O–H groups in total. The van der Waals surface area contributed by atoms with Crippen LogP contribution in [0.2, 0.25) is 0 Å². The third-order valence-corrected chi connectivity index (χ3v) is 4.10. The van der Waals surface area contributed by atoms with Crippen molar-refractivity contribution >= 4 is 17.7 Å². The molecule has 28 heavy (non-hydrogen) atoms. The Morgan fingerprint density at radius 2 is 2.00 bits per heavy atom. The van der Waals surface area contributed by atoms with E-state index in [2.05, 4.69) is 34.8 Å². The van der Waals surface area contributed by atoms with Gasteiger partial charge in [0.25, 0.3) is 0 Å². The molecule has 0 aliphatic carbocycles. The van der Waals surface area contributed by atoms with E-state index in [-0.39, 0.29) is 6.04 Å². The molecule has 156 valence electrons. The predicted molar refractivity (Wildman–Crippen MR) is 110 cm³/mol. The molecule has 0 spiro atoms. The molecule has 1 atom stereocenters. The maximum Gasteiger partial charge on any atom is 0.407 e. The van der Waals surface area contributed by atoms with Crippen molar-refractivity contribution in [2.45, 2.75) is 39.7 Å². The van der Waals surface area contributed by atoms with Crippen LogP contribution in [0.4, 0.5) is 10.5 Å². The Morgan fingerprint density at radius 3 is 2.68 bits per heavy atom. The Morgan fingerprint density at radius 1 is 1.25 bits per heavy atom. The van der Waals surface area contributed by atoms with E-state index in [1.165, 1.54) is 0 Å². The smallest absolute Gasteiger partial charge is 0.407 e. The molecule has 1 unspecified atom stereocenters. The zero-order chi connectivity index (χ0) is 20.4. The fourth-order valence-corrected chi connectivity index (χ4v) is 2.88. The van der Waals surface area contributed by atoms with Gasteiger partial charge in [-0.2, -0.15) is 0 Å². The summed E-state index contributed by atoms with van der Waals surface area (Å²) >= 11 is 0. The molecule has 1 amide bonds. The molecule has 1 aromatic rings. The van der Waals surface area contributed by atoms with Gasteiger partial charge in [0, 0.05) is 37.8 Å². The molecule has 0 saturated carbocycles. The maximum atomic E-state index is 11.8. The Kier molecular flexibility index (Phi) is 8.71. The van der Waals surface area contributed by atoms with E-state index in [0.717, 1.165) is 30.0 Å². The van der Waals surface area contributed by atoms with E-state index < -0.39 is 6.09 Å². The number of amides is 1. The van der Waals surface area contributed by atoms with Gasteiger partial charge in [-0.05, 0) is 31.4 Å². The molecule has 1 heterocycles. The summed E-state index contributed by atoms with van der Waals surface area (Å²) in [5, 5.41) is 9.40. The van der Waals surface area contributed by atoms with Crippen molar-refractivity contribution in [2.75, 3.05) is 38.7 Å². The number of hydrogen-bond acceptors (Lipinski definition) is 5. The number of ether oxygens (including phenoxy) is 3. The average molecular weight is 393 g/mol. The van der Waals surface area contributed by atoms with Crippen LogP contribution in [0.25, 0.3) is 0 Å². The molecule has 8 heteroatoms. The molecular weight excluding hydrogens is 360 g/mol. The zero-order valence-corrected chi connectivity index (χ0v) is 17.2. The van der Waals surface area contributed by atoms with E-state index in [4.69, 9.17) is 14.2 Å². The highest BCUT2D eigenvalue weighted by molar-refractivity contribution is 5.93. The summed E-state index contributed by atoms with van der Waals surface area (Å²) in [5.41, 5.74) is 0.844. The number of carbonyl (C=O) groups excluding carboxylic acids is 1. The normalized spacial score (nSPS) is 14.8. The quantitative estimate of drug-likeness (QED) is 0.488. The van der Waals surface area contributed by atoms with E-state index in [0.29, 0.717) is 38.2 Å². The lowest BCUT2D eigenvalue weighted by atomic mass is 10.0. The van der Waals surface area contributed by atoms with Crippen molar-refractivity contribution in [3.05, 3.63) is 18.2 Å². The molecule has 2 rings (SSSR count). The number of benzene rings is 1. The monoisotopic (exact) mass is 392 g/mol. The van der Waals surface area contributed by atoms with Crippen molar-refractivity contribution in [1.82, 2.24) is 10.6 Å². The minimum absolute atomic E-state index is 0.0682. The fraction of sp³-hybridized carbons (Fsp3) is 0.600. The van der Waals surface area contributed by atoms with Crippen molar-refractivity contribution in [2.24, 2.45) is 10.9 Å². The number of anilines is 1. The van der Waals surface area contributed by atoms with Gasteiger partial charge in [0.1, 0.15) is 0 Å². The second kappa shape index (κ2) is 11.3. The van der Waals surface area contributed by atoms with Crippen LogP contribution in [0, 0.1) is 5.92 Å². The van der Waals surface area contributed by atoms with Gasteiger partial charge >= 0.3 is 6.09 Å². The Labute approximate surface area is 167 Å². The third-order valence-electron chi connectivity index (χ3n) is 4.10. The van der Waals surface area contributed by atoms with Crippen LogP contribution in [0.3, 0.4) is 0 Å². The van der Waals surface area contributed by atoms with E-state index in [1.807, 2.05) is 18.2 Å². The number of rotatable bonds is 7. The standard InChI is InChI=1S/C20H32N4O4/c1-5-26-20(25)24-16(11-14(2)3)13-22-19(21-4)23-15-7-8-17-18(12-15)28-10-6-9-27-17/h7-8,12,14,16H,5-6,9-11,13H2,1-4H3,(H,24,25)(H2,21,22,23). The van der Waals surface area contributed by atoms with Gasteiger partial charge in [-0.25, -0.2) is 4.79 Å². The molecule has 0 saturated heterocycles. The SMILES string of the molecule is CCOC(=O)NC(CNC(=NC)Nc1ccc2c(c1)OCCCO2)CC(C)C. The molecular formula is C20H32N4O4. The predicted octanol–water partition coefficient (Wildman–Crippen LogP) is 3.00. The molecule has 0 aromatic heterocycles. The van der Waals surface area contributed by atoms with Crippen LogP contribution < -0.4 is 25.4 Å². The van der Waals surface area contributed by atoms with Gasteiger partial charge in [-0.3, -0.25) is 4.99 Å². The van der Waals surface area contributed by atoms with Crippen molar-refractivity contribution in [3.63, 3.8) is 0 Å². The number of fused-ring (bicyclic) bond motifs is 1. The number of guanidine groups is 1. The molecule has 1 aliphatic heterocycles. The lowest BCUT2D eigenvalue weighted by Gasteiger charge is -2.22. The summed E-state index contributed by atoms with van der Waals surface area (Å²) in [6, 6.07) is 5.64. The highest BCUT2D eigenvalue weighted by Crippen LogP contribution is 2.32. The Hall–Kier alpha value is -2.64. The summed E-state index contributed by atoms with van der Waals surface area (Å²) in [5.74, 6) is 2.51. The third kappa shape index (κ3) is 7.17. The van der Waals surface area contributed by atoms with Gasteiger partial charge < -0.3 is 30.2 Å². The molecule has 0 fully saturated rings. The lowest BCUT2D eigenvalue weighted by molar-refractivity contribution is 0.146. The summed E-state index contributed by atoms with van der Waals surface area (Å²) in [6.45, 7) is 8.20. The van der Waals surface area contributed by atoms with Gasteiger partial charge in [-0.1, -0.05) is 13.8 Å². The number of nitrogens with zero attached hydrogens (tertiary/aromatic N) is 1. The first-order chi connectivity index (χ1) is 13.5. The van der Waals surface area contributed by atoms with E-state index >= 15 is 0 Å². The van der Waals surface area contributed by atoms with Crippen LogP contribution in [0.15, 0.2) is 23.2 Å². The van der Waals surface area contributed by atoms with Gasteiger partial charge in [0.15, 0.2) is 17.5 Å². The zero-order valence-electron chi connectivity index (χ0n) is 17.2. The Balaban J connectivity index is 1.95. The first-order valence-electron chi connectivity index (χ1n) is 9.82. The second-order valence-electron chi connectivity index (χ2n) is 6.98. The van der Waals surface area contributed by atoms with E-state index in [9.17, 15) is 4.79 Å². The lowest BCUT2D eigenvalue weighted by Crippen LogP contribution is -2.46. The number of nitrogens with one attached hydrogen (secondary N) is 3. The summed E-state index contributed by atoms with van der Waals surface area (Å²) < 4.78 is 16.4. The maximum absolute atomic E-state index is 11.8. The highest BCUT2D eigenvalue weighted by atomic mass is 16.5. The number of aliphatic imine (C=N–C) groups is 1. The van der Waals surface area contributed by atoms with Gasteiger partial charge in [0.05, 0.1) is 19.8 Å². The summed E-state index contributed by atoms with van der Waals surface area (Å²) in [6.07, 6.45) is 1.29. The Bertz CT molecular complexity index is 664. The number of alkyl carbamates (subject to hydrolysis) is 1.